The van der Waals surface area contributed by atoms with Crippen molar-refractivity contribution >= 4 is 15.9 Å². The van der Waals surface area contributed by atoms with Crippen molar-refractivity contribution in [3.8, 4) is 0 Å². The van der Waals surface area contributed by atoms with Crippen molar-refractivity contribution in [3.05, 3.63) is 29.8 Å². The number of rotatable bonds is 5. The number of sulfonamides is 1. The van der Waals surface area contributed by atoms with Gasteiger partial charge in [0.25, 0.3) is 5.92 Å². The van der Waals surface area contributed by atoms with Gasteiger partial charge in [0.2, 0.25) is 15.9 Å². The average Bonchev–Trinajstić information content (AvgIpc) is 2.87. The smallest absolute Gasteiger partial charge is 0.262 e. The van der Waals surface area contributed by atoms with Gasteiger partial charge in [0.15, 0.2) is 0 Å². The van der Waals surface area contributed by atoms with Gasteiger partial charge in [-0.3, -0.25) is 10.1 Å². The first-order valence-electron chi connectivity index (χ1n) is 7.10. The van der Waals surface area contributed by atoms with E-state index in [9.17, 15) is 22.0 Å². The van der Waals surface area contributed by atoms with E-state index in [1.165, 1.54) is 19.2 Å². The molecule has 1 aromatic rings. The first-order valence-corrected chi connectivity index (χ1v) is 8.58. The molecule has 1 saturated heterocycles. The Kier molecular flexibility index (Phi) is 5.02. The van der Waals surface area contributed by atoms with Gasteiger partial charge in [0, 0.05) is 6.42 Å². The first-order chi connectivity index (χ1) is 10.6. The lowest BCUT2D eigenvalue weighted by Crippen LogP contribution is -2.41. The number of halogens is 2. The Morgan fingerprint density at radius 3 is 2.70 bits per heavy atom. The van der Waals surface area contributed by atoms with Crippen LogP contribution in [0.2, 0.25) is 0 Å². The lowest BCUT2D eigenvalue weighted by molar-refractivity contribution is -0.124. The van der Waals surface area contributed by atoms with Crippen LogP contribution < -0.4 is 15.4 Å². The first kappa shape index (κ1) is 17.8. The predicted octanol–water partition coefficient (Wildman–Crippen LogP) is 0.769. The molecule has 0 aliphatic carbocycles. The Labute approximate surface area is 133 Å². The van der Waals surface area contributed by atoms with Gasteiger partial charge in [-0.25, -0.2) is 21.9 Å². The Morgan fingerprint density at radius 1 is 1.43 bits per heavy atom. The van der Waals surface area contributed by atoms with Gasteiger partial charge < -0.3 is 5.32 Å². The second-order valence-corrected chi connectivity index (χ2v) is 7.39. The maximum atomic E-state index is 13.1. The fourth-order valence-corrected chi connectivity index (χ4v) is 3.15. The molecule has 0 aromatic heterocycles. The van der Waals surface area contributed by atoms with Crippen LogP contribution in [0.3, 0.4) is 0 Å². The highest BCUT2D eigenvalue weighted by atomic mass is 32.2. The minimum atomic E-state index is -3.59. The summed E-state index contributed by atoms with van der Waals surface area (Å²) in [6.45, 7) is 1.14. The van der Waals surface area contributed by atoms with Crippen molar-refractivity contribution in [3.63, 3.8) is 0 Å². The summed E-state index contributed by atoms with van der Waals surface area (Å²) < 4.78 is 52.0. The zero-order chi connectivity index (χ0) is 17.3. The predicted molar refractivity (Wildman–Crippen MR) is 80.6 cm³/mol. The van der Waals surface area contributed by atoms with Crippen LogP contribution in [0.5, 0.6) is 0 Å². The standard InChI is InChI=1S/C14H19F2N3O3S/c1-9(19-13(20)12-7-14(15,16)8-18-12)10-4-3-5-11(6-10)23(21,22)17-2/h3-6,9,12,17-18H,7-8H2,1-2H3,(H,19,20). The molecule has 2 atom stereocenters. The number of carbonyl (C=O) groups excluding carboxylic acids is 1. The number of alkyl halides is 2. The van der Waals surface area contributed by atoms with Crippen molar-refractivity contribution in [1.82, 2.24) is 15.4 Å². The molecule has 0 bridgehead atoms. The summed E-state index contributed by atoms with van der Waals surface area (Å²) in [6.07, 6.45) is -0.542. The van der Waals surface area contributed by atoms with Gasteiger partial charge in [-0.15, -0.1) is 0 Å². The summed E-state index contributed by atoms with van der Waals surface area (Å²) >= 11 is 0. The van der Waals surface area contributed by atoms with Crippen LogP contribution >= 0.6 is 0 Å². The molecule has 3 N–H and O–H groups in total. The molecule has 9 heteroatoms. The zero-order valence-corrected chi connectivity index (χ0v) is 13.6. The third-order valence-corrected chi connectivity index (χ3v) is 5.13. The summed E-state index contributed by atoms with van der Waals surface area (Å²) in [4.78, 5) is 12.1. The summed E-state index contributed by atoms with van der Waals surface area (Å²) in [5.41, 5.74) is 0.569. The number of nitrogens with one attached hydrogen (secondary N) is 3. The second-order valence-electron chi connectivity index (χ2n) is 5.50. The van der Waals surface area contributed by atoms with E-state index in [-0.39, 0.29) is 4.90 Å². The lowest BCUT2D eigenvalue weighted by atomic mass is 10.1. The van der Waals surface area contributed by atoms with E-state index in [1.807, 2.05) is 0 Å². The average molecular weight is 347 g/mol. The van der Waals surface area contributed by atoms with Crippen molar-refractivity contribution in [1.29, 1.82) is 0 Å². The number of carbonyl (C=O) groups is 1. The molecule has 0 radical (unpaired) electrons. The van der Waals surface area contributed by atoms with Crippen molar-refractivity contribution in [2.45, 2.75) is 36.2 Å². The second kappa shape index (κ2) is 6.50. The molecule has 2 unspecified atom stereocenters. The van der Waals surface area contributed by atoms with Gasteiger partial charge in [0.1, 0.15) is 0 Å². The number of amides is 1. The van der Waals surface area contributed by atoms with Gasteiger partial charge in [-0.1, -0.05) is 12.1 Å². The summed E-state index contributed by atoms with van der Waals surface area (Å²) in [6, 6.07) is 4.64. The summed E-state index contributed by atoms with van der Waals surface area (Å²) in [5.74, 6) is -3.41. The van der Waals surface area contributed by atoms with Crippen LogP contribution in [0.25, 0.3) is 0 Å². The molecule has 23 heavy (non-hydrogen) atoms. The van der Waals surface area contributed by atoms with E-state index < -0.39 is 46.9 Å². The van der Waals surface area contributed by atoms with Crippen molar-refractivity contribution < 1.29 is 22.0 Å². The molecule has 1 amide bonds. The van der Waals surface area contributed by atoms with Crippen molar-refractivity contribution in [2.75, 3.05) is 13.6 Å². The third kappa shape index (κ3) is 4.24. The van der Waals surface area contributed by atoms with Crippen LogP contribution in [0.4, 0.5) is 8.78 Å². The summed E-state index contributed by atoms with van der Waals surface area (Å²) in [7, 11) is -2.28. The Bertz CT molecular complexity index is 694. The largest absolute Gasteiger partial charge is 0.348 e. The van der Waals surface area contributed by atoms with Crippen molar-refractivity contribution in [2.24, 2.45) is 0 Å². The molecule has 128 valence electrons. The quantitative estimate of drug-likeness (QED) is 0.734. The molecule has 0 saturated carbocycles. The lowest BCUT2D eigenvalue weighted by Gasteiger charge is -2.18. The van der Waals surface area contributed by atoms with Crippen LogP contribution in [0, 0.1) is 0 Å². The van der Waals surface area contributed by atoms with Crippen LogP contribution in [-0.2, 0) is 14.8 Å². The zero-order valence-electron chi connectivity index (χ0n) is 12.8. The fourth-order valence-electron chi connectivity index (χ4n) is 2.37. The number of hydrogen-bond acceptors (Lipinski definition) is 4. The SMILES string of the molecule is CNS(=O)(=O)c1cccc(C(C)NC(=O)C2CC(F)(F)CN2)c1. The molecule has 1 heterocycles. The third-order valence-electron chi connectivity index (χ3n) is 3.72. The van der Waals surface area contributed by atoms with E-state index >= 15 is 0 Å². The molecule has 6 nitrogen and oxygen atoms in total. The van der Waals surface area contributed by atoms with Gasteiger partial charge in [-0.05, 0) is 31.7 Å². The highest BCUT2D eigenvalue weighted by Gasteiger charge is 2.42. The maximum Gasteiger partial charge on any atom is 0.262 e. The molecule has 1 fully saturated rings. The normalized spacial score (nSPS) is 21.8. The van der Waals surface area contributed by atoms with E-state index in [0.717, 1.165) is 0 Å². The maximum absolute atomic E-state index is 13.1. The molecule has 1 aliphatic rings. The molecule has 1 aliphatic heterocycles. The van der Waals surface area contributed by atoms with E-state index in [0.29, 0.717) is 5.56 Å². The number of benzene rings is 1. The minimum absolute atomic E-state index is 0.0733. The Balaban J connectivity index is 2.08. The highest BCUT2D eigenvalue weighted by Crippen LogP contribution is 2.25. The van der Waals surface area contributed by atoms with Gasteiger partial charge >= 0.3 is 0 Å². The monoisotopic (exact) mass is 347 g/mol. The molecule has 1 aromatic carbocycles. The van der Waals surface area contributed by atoms with Crippen LogP contribution in [0.1, 0.15) is 24.9 Å². The highest BCUT2D eigenvalue weighted by molar-refractivity contribution is 7.89. The van der Waals surface area contributed by atoms with E-state index in [4.69, 9.17) is 0 Å². The fraction of sp³-hybridized carbons (Fsp3) is 0.500. The van der Waals surface area contributed by atoms with E-state index in [1.54, 1.807) is 19.1 Å². The summed E-state index contributed by atoms with van der Waals surface area (Å²) in [5, 5.41) is 5.10. The Hall–Kier alpha value is -1.58. The van der Waals surface area contributed by atoms with Crippen LogP contribution in [-0.4, -0.2) is 39.9 Å². The van der Waals surface area contributed by atoms with Crippen LogP contribution in [0.15, 0.2) is 29.2 Å². The molecular formula is C14H19F2N3O3S. The topological polar surface area (TPSA) is 87.3 Å². The molecular weight excluding hydrogens is 328 g/mol. The van der Waals surface area contributed by atoms with Gasteiger partial charge in [-0.2, -0.15) is 0 Å². The van der Waals surface area contributed by atoms with E-state index in [2.05, 4.69) is 15.4 Å². The van der Waals surface area contributed by atoms with Gasteiger partial charge in [0.05, 0.1) is 23.5 Å². The number of hydrogen-bond donors (Lipinski definition) is 3. The molecule has 2 rings (SSSR count). The molecule has 0 spiro atoms. The minimum Gasteiger partial charge on any atom is -0.348 e. The Morgan fingerprint density at radius 2 is 2.13 bits per heavy atom.